The van der Waals surface area contributed by atoms with Crippen molar-refractivity contribution in [1.82, 2.24) is 0 Å². The molecule has 0 spiro atoms. The lowest BCUT2D eigenvalue weighted by molar-refractivity contribution is -0.597. The zero-order chi connectivity index (χ0) is 25.0. The summed E-state index contributed by atoms with van der Waals surface area (Å²) in [5.41, 5.74) is 2.40. The van der Waals surface area contributed by atoms with E-state index in [0.717, 1.165) is 23.5 Å². The van der Waals surface area contributed by atoms with Crippen molar-refractivity contribution in [2.45, 2.75) is 39.5 Å². The molecule has 0 saturated carbocycles. The standard InChI is InChI=1S/C30H29IO4/c1-5-27-28(34-25-14-10-23(32)11-15-25)18-22(19-29(27)35-26-16-12-24(33)13-17-26)31-21-8-6-20(7-9-21)30(2,3)4/h6-19H,5H2,1-4H3,(H-,32,33)/p+1. The second kappa shape index (κ2) is 10.6. The molecule has 0 fully saturated rings. The van der Waals surface area contributed by atoms with Gasteiger partial charge in [-0.1, -0.05) is 39.8 Å². The molecule has 35 heavy (non-hydrogen) atoms. The number of ether oxygens (including phenoxy) is 2. The van der Waals surface area contributed by atoms with Crippen LogP contribution in [0.1, 0.15) is 38.8 Å². The zero-order valence-electron chi connectivity index (χ0n) is 20.4. The smallest absolute Gasteiger partial charge is 0.358 e. The number of aromatic hydroxyl groups is 2. The first-order chi connectivity index (χ1) is 16.7. The van der Waals surface area contributed by atoms with Crippen LogP contribution in [0.15, 0.2) is 84.9 Å². The van der Waals surface area contributed by atoms with Crippen LogP contribution in [0.4, 0.5) is 0 Å². The second-order valence-corrected chi connectivity index (χ2v) is 12.3. The maximum absolute atomic E-state index is 9.64. The summed E-state index contributed by atoms with van der Waals surface area (Å²) in [5, 5.41) is 19.3. The van der Waals surface area contributed by atoms with Gasteiger partial charge in [-0.25, -0.2) is 0 Å². The molecule has 0 aliphatic heterocycles. The van der Waals surface area contributed by atoms with Crippen LogP contribution in [-0.4, -0.2) is 10.2 Å². The molecule has 5 heteroatoms. The minimum atomic E-state index is -0.475. The summed E-state index contributed by atoms with van der Waals surface area (Å²) >= 11 is -0.475. The SMILES string of the molecule is CCc1c(Oc2ccc(O)cc2)cc([I+]c2ccc(C(C)(C)C)cc2)cc1Oc1ccc(O)cc1. The second-order valence-electron chi connectivity index (χ2n) is 9.28. The third-order valence-electron chi connectivity index (χ3n) is 5.54. The molecule has 4 rings (SSSR count). The number of phenols is 2. The summed E-state index contributed by atoms with van der Waals surface area (Å²) < 4.78 is 15.0. The van der Waals surface area contributed by atoms with Crippen molar-refractivity contribution in [3.05, 3.63) is 103 Å². The summed E-state index contributed by atoms with van der Waals surface area (Å²) in [6.45, 7) is 8.74. The van der Waals surface area contributed by atoms with Gasteiger partial charge in [0.25, 0.3) is 0 Å². The molecule has 4 aromatic carbocycles. The highest BCUT2D eigenvalue weighted by atomic mass is 127. The van der Waals surface area contributed by atoms with Crippen LogP contribution < -0.4 is 30.7 Å². The monoisotopic (exact) mass is 581 g/mol. The summed E-state index contributed by atoms with van der Waals surface area (Å²) in [7, 11) is 0. The minimum Gasteiger partial charge on any atom is -0.508 e. The van der Waals surface area contributed by atoms with Crippen LogP contribution in [0.5, 0.6) is 34.5 Å². The molecule has 0 aromatic heterocycles. The van der Waals surface area contributed by atoms with Gasteiger partial charge in [-0.2, -0.15) is 0 Å². The molecule has 180 valence electrons. The Bertz CT molecular complexity index is 1200. The van der Waals surface area contributed by atoms with E-state index in [1.54, 1.807) is 48.5 Å². The fourth-order valence-corrected chi connectivity index (χ4v) is 5.91. The molecule has 0 amide bonds. The predicted octanol–water partition coefficient (Wildman–Crippen LogP) is 4.67. The van der Waals surface area contributed by atoms with Gasteiger partial charge in [0.2, 0.25) is 3.57 Å². The van der Waals surface area contributed by atoms with Crippen molar-refractivity contribution in [2.24, 2.45) is 0 Å². The van der Waals surface area contributed by atoms with Crippen LogP contribution in [0.3, 0.4) is 0 Å². The normalized spacial score (nSPS) is 11.3. The number of hydrogen-bond donors (Lipinski definition) is 2. The van der Waals surface area contributed by atoms with Crippen molar-refractivity contribution >= 4 is 0 Å². The van der Waals surface area contributed by atoms with Gasteiger partial charge in [0.05, 0.1) is 0 Å². The van der Waals surface area contributed by atoms with E-state index in [2.05, 4.69) is 64.1 Å². The Balaban J connectivity index is 1.71. The molecule has 0 atom stereocenters. The number of halogens is 1. The maximum Gasteiger partial charge on any atom is 0.358 e. The van der Waals surface area contributed by atoms with Gasteiger partial charge >= 0.3 is 21.2 Å². The Labute approximate surface area is 217 Å². The number of phenolic OH excluding ortho intramolecular Hbond substituents is 2. The predicted molar refractivity (Wildman–Crippen MR) is 135 cm³/mol. The number of rotatable bonds is 7. The van der Waals surface area contributed by atoms with Crippen LogP contribution in [0.25, 0.3) is 0 Å². The van der Waals surface area contributed by atoms with Gasteiger partial charge in [-0.3, -0.25) is 0 Å². The molecule has 0 unspecified atom stereocenters. The molecule has 0 aliphatic carbocycles. The Kier molecular flexibility index (Phi) is 7.55. The first-order valence-corrected chi connectivity index (χ1v) is 13.7. The van der Waals surface area contributed by atoms with Gasteiger partial charge in [-0.05, 0) is 78.1 Å². The average molecular weight is 581 g/mol. The third-order valence-corrected chi connectivity index (χ3v) is 8.13. The van der Waals surface area contributed by atoms with Crippen LogP contribution in [0.2, 0.25) is 0 Å². The van der Waals surface area contributed by atoms with E-state index in [0.29, 0.717) is 11.5 Å². The van der Waals surface area contributed by atoms with Gasteiger partial charge < -0.3 is 19.7 Å². The highest BCUT2D eigenvalue weighted by Gasteiger charge is 2.24. The van der Waals surface area contributed by atoms with Gasteiger partial charge in [-0.15, -0.1) is 0 Å². The molecule has 0 radical (unpaired) electrons. The molecule has 0 heterocycles. The van der Waals surface area contributed by atoms with Crippen molar-refractivity contribution in [3.63, 3.8) is 0 Å². The van der Waals surface area contributed by atoms with E-state index < -0.39 is 21.2 Å². The fraction of sp³-hybridized carbons (Fsp3) is 0.200. The van der Waals surface area contributed by atoms with E-state index in [9.17, 15) is 10.2 Å². The summed E-state index contributed by atoms with van der Waals surface area (Å²) in [6, 6.07) is 26.6. The quantitative estimate of drug-likeness (QED) is 0.312. The molecular formula is C30H30IO4+. The average Bonchev–Trinajstić information content (AvgIpc) is 2.82. The molecular weight excluding hydrogens is 551 g/mol. The minimum absolute atomic E-state index is 0.121. The highest BCUT2D eigenvalue weighted by molar-refractivity contribution is 5.49. The van der Waals surface area contributed by atoms with Crippen LogP contribution in [-0.2, 0) is 11.8 Å². The van der Waals surface area contributed by atoms with Gasteiger partial charge in [0.1, 0.15) is 34.5 Å². The van der Waals surface area contributed by atoms with E-state index in [1.807, 2.05) is 0 Å². The van der Waals surface area contributed by atoms with E-state index >= 15 is 0 Å². The topological polar surface area (TPSA) is 58.9 Å². The first kappa shape index (κ1) is 24.9. The van der Waals surface area contributed by atoms with E-state index in [4.69, 9.17) is 9.47 Å². The summed E-state index contributed by atoms with van der Waals surface area (Å²) in [4.78, 5) is 0. The van der Waals surface area contributed by atoms with E-state index in [-0.39, 0.29) is 16.9 Å². The molecule has 0 aliphatic rings. The number of benzene rings is 4. The fourth-order valence-electron chi connectivity index (χ4n) is 3.59. The molecule has 4 aromatic rings. The van der Waals surface area contributed by atoms with Crippen molar-refractivity contribution in [2.75, 3.05) is 0 Å². The molecule has 4 nitrogen and oxygen atoms in total. The lowest BCUT2D eigenvalue weighted by atomic mass is 9.87. The Morgan fingerprint density at radius 1 is 0.657 bits per heavy atom. The van der Waals surface area contributed by atoms with E-state index in [1.165, 1.54) is 12.7 Å². The van der Waals surface area contributed by atoms with Gasteiger partial charge in [0.15, 0.2) is 3.57 Å². The van der Waals surface area contributed by atoms with Gasteiger partial charge in [0, 0.05) is 17.7 Å². The molecule has 0 saturated heterocycles. The summed E-state index contributed by atoms with van der Waals surface area (Å²) in [6.07, 6.45) is 0.722. The lowest BCUT2D eigenvalue weighted by Crippen LogP contribution is -3.61. The van der Waals surface area contributed by atoms with Crippen molar-refractivity contribution < 1.29 is 40.9 Å². The highest BCUT2D eigenvalue weighted by Crippen LogP contribution is 2.35. The summed E-state index contributed by atoms with van der Waals surface area (Å²) in [5.74, 6) is 3.19. The molecule has 2 N–H and O–H groups in total. The first-order valence-electron chi connectivity index (χ1n) is 11.6. The third kappa shape index (κ3) is 6.48. The van der Waals surface area contributed by atoms with Crippen LogP contribution in [0, 0.1) is 7.14 Å². The largest absolute Gasteiger partial charge is 0.508 e. The Morgan fingerprint density at radius 2 is 1.11 bits per heavy atom. The Morgan fingerprint density at radius 3 is 1.51 bits per heavy atom. The zero-order valence-corrected chi connectivity index (χ0v) is 22.5. The molecule has 0 bridgehead atoms. The van der Waals surface area contributed by atoms with Crippen LogP contribution >= 0.6 is 0 Å². The van der Waals surface area contributed by atoms with Crippen molar-refractivity contribution in [1.29, 1.82) is 0 Å². The maximum atomic E-state index is 9.64. The Hall–Kier alpha value is -3.19. The van der Waals surface area contributed by atoms with Crippen molar-refractivity contribution in [3.8, 4) is 34.5 Å². The number of hydrogen-bond acceptors (Lipinski definition) is 4. The lowest BCUT2D eigenvalue weighted by Gasteiger charge is -2.18.